The van der Waals surface area contributed by atoms with E-state index in [1.165, 1.54) is 15.3 Å². The van der Waals surface area contributed by atoms with E-state index in [1.54, 1.807) is 7.05 Å². The van der Waals surface area contributed by atoms with E-state index in [0.717, 1.165) is 6.42 Å². The fourth-order valence-electron chi connectivity index (χ4n) is 1.80. The topological polar surface area (TPSA) is 70.0 Å². The van der Waals surface area contributed by atoms with Crippen LogP contribution in [-0.2, 0) is 13.6 Å². The lowest BCUT2D eigenvalue weighted by Gasteiger charge is -2.07. The summed E-state index contributed by atoms with van der Waals surface area (Å²) < 4.78 is 2.59. The van der Waals surface area contributed by atoms with Crippen LogP contribution in [0, 0.1) is 11.8 Å². The van der Waals surface area contributed by atoms with Gasteiger partial charge in [-0.15, -0.1) is 0 Å². The van der Waals surface area contributed by atoms with Gasteiger partial charge in [0.1, 0.15) is 5.69 Å². The number of rotatable bonds is 2. The summed E-state index contributed by atoms with van der Waals surface area (Å²) in [4.78, 5) is 23.3. The molecule has 5 heteroatoms. The van der Waals surface area contributed by atoms with Crippen molar-refractivity contribution in [3.8, 4) is 0 Å². The van der Waals surface area contributed by atoms with Crippen molar-refractivity contribution >= 4 is 5.69 Å². The first-order valence-electron chi connectivity index (χ1n) is 5.06. The molecule has 0 aromatic carbocycles. The molecule has 1 heterocycles. The molecule has 0 saturated heterocycles. The molecule has 1 aliphatic rings. The van der Waals surface area contributed by atoms with E-state index >= 15 is 0 Å². The van der Waals surface area contributed by atoms with Crippen molar-refractivity contribution in [2.75, 3.05) is 5.73 Å². The molecule has 2 N–H and O–H groups in total. The summed E-state index contributed by atoms with van der Waals surface area (Å²) in [5.74, 6) is 1.07. The Morgan fingerprint density at radius 3 is 2.67 bits per heavy atom. The highest BCUT2D eigenvalue weighted by Gasteiger charge is 2.33. The van der Waals surface area contributed by atoms with E-state index in [0.29, 0.717) is 18.4 Å². The molecule has 5 nitrogen and oxygen atoms in total. The Labute approximate surface area is 87.1 Å². The zero-order chi connectivity index (χ0) is 11.2. The maximum atomic E-state index is 11.7. The van der Waals surface area contributed by atoms with Crippen LogP contribution >= 0.6 is 0 Å². The van der Waals surface area contributed by atoms with Gasteiger partial charge in [-0.3, -0.25) is 9.36 Å². The Hall–Kier alpha value is -1.52. The van der Waals surface area contributed by atoms with Gasteiger partial charge in [-0.2, -0.15) is 0 Å². The molecule has 0 aliphatic heterocycles. The zero-order valence-electron chi connectivity index (χ0n) is 8.93. The van der Waals surface area contributed by atoms with Crippen molar-refractivity contribution in [3.63, 3.8) is 0 Å². The highest BCUT2D eigenvalue weighted by atomic mass is 16.2. The summed E-state index contributed by atoms with van der Waals surface area (Å²) >= 11 is 0. The van der Waals surface area contributed by atoms with Gasteiger partial charge >= 0.3 is 5.69 Å². The van der Waals surface area contributed by atoms with Gasteiger partial charge in [0.2, 0.25) is 0 Å². The molecule has 1 aliphatic carbocycles. The Morgan fingerprint density at radius 1 is 1.53 bits per heavy atom. The maximum absolute atomic E-state index is 11.7. The Balaban J connectivity index is 2.45. The zero-order valence-corrected chi connectivity index (χ0v) is 8.93. The van der Waals surface area contributed by atoms with Gasteiger partial charge in [-0.25, -0.2) is 4.79 Å². The van der Waals surface area contributed by atoms with Crippen molar-refractivity contribution in [1.82, 2.24) is 9.13 Å². The van der Waals surface area contributed by atoms with Crippen molar-refractivity contribution in [1.29, 1.82) is 0 Å². The summed E-state index contributed by atoms with van der Waals surface area (Å²) in [7, 11) is 1.60. The molecule has 2 unspecified atom stereocenters. The number of aromatic nitrogens is 2. The average Bonchev–Trinajstić information content (AvgIpc) is 2.86. The first-order chi connectivity index (χ1) is 7.00. The van der Waals surface area contributed by atoms with E-state index in [9.17, 15) is 9.59 Å². The number of nitrogen functional groups attached to an aromatic ring is 1. The normalized spacial score (nSPS) is 24.1. The summed E-state index contributed by atoms with van der Waals surface area (Å²) in [6.45, 7) is 2.62. The van der Waals surface area contributed by atoms with Crippen LogP contribution < -0.4 is 17.0 Å². The molecule has 0 spiro atoms. The number of aryl methyl sites for hydroxylation is 1. The number of anilines is 1. The molecule has 0 radical (unpaired) electrons. The minimum atomic E-state index is -0.364. The van der Waals surface area contributed by atoms with Gasteiger partial charge in [-0.05, 0) is 18.3 Å². The largest absolute Gasteiger partial charge is 0.393 e. The van der Waals surface area contributed by atoms with E-state index < -0.39 is 0 Å². The molecule has 0 bridgehead atoms. The average molecular weight is 209 g/mol. The minimum Gasteiger partial charge on any atom is -0.393 e. The van der Waals surface area contributed by atoms with Crippen LogP contribution in [0.2, 0.25) is 0 Å². The summed E-state index contributed by atoms with van der Waals surface area (Å²) in [6.07, 6.45) is 2.46. The summed E-state index contributed by atoms with van der Waals surface area (Å²) in [5.41, 5.74) is 5.01. The highest BCUT2D eigenvalue weighted by Crippen LogP contribution is 2.38. The Bertz CT molecular complexity index is 466. The first kappa shape index (κ1) is 10.0. The van der Waals surface area contributed by atoms with Crippen LogP contribution in [0.5, 0.6) is 0 Å². The SMILES string of the molecule is CC1CC1Cn1c(=O)c(N)cn(C)c1=O. The van der Waals surface area contributed by atoms with Crippen LogP contribution in [0.1, 0.15) is 13.3 Å². The molecule has 0 amide bonds. The molecule has 1 fully saturated rings. The molecular weight excluding hydrogens is 194 g/mol. The molecule has 2 rings (SSSR count). The van der Waals surface area contributed by atoms with Crippen LogP contribution in [0.4, 0.5) is 5.69 Å². The standard InChI is InChI=1S/C10H15N3O2/c1-6-3-7(6)4-13-9(14)8(11)5-12(2)10(13)15/h5-7H,3-4,11H2,1-2H3. The molecule has 1 aromatic rings. The van der Waals surface area contributed by atoms with Crippen LogP contribution in [0.25, 0.3) is 0 Å². The molecule has 1 aromatic heterocycles. The fraction of sp³-hybridized carbons (Fsp3) is 0.600. The summed E-state index contributed by atoms with van der Waals surface area (Å²) in [6, 6.07) is 0. The second kappa shape index (κ2) is 3.25. The van der Waals surface area contributed by atoms with E-state index in [2.05, 4.69) is 6.92 Å². The first-order valence-corrected chi connectivity index (χ1v) is 5.06. The second-order valence-corrected chi connectivity index (χ2v) is 4.37. The van der Waals surface area contributed by atoms with Crippen LogP contribution in [0.15, 0.2) is 15.8 Å². The molecule has 82 valence electrons. The molecule has 2 atom stereocenters. The van der Waals surface area contributed by atoms with Crippen molar-refractivity contribution in [3.05, 3.63) is 27.0 Å². The van der Waals surface area contributed by atoms with Crippen molar-refractivity contribution in [2.45, 2.75) is 19.9 Å². The smallest absolute Gasteiger partial charge is 0.330 e. The molecule has 15 heavy (non-hydrogen) atoms. The van der Waals surface area contributed by atoms with Crippen molar-refractivity contribution in [2.24, 2.45) is 18.9 Å². The van der Waals surface area contributed by atoms with Crippen LogP contribution in [0.3, 0.4) is 0 Å². The number of nitrogens with zero attached hydrogens (tertiary/aromatic N) is 2. The van der Waals surface area contributed by atoms with Gasteiger partial charge in [-0.1, -0.05) is 6.92 Å². The lowest BCUT2D eigenvalue weighted by Crippen LogP contribution is -2.40. The van der Waals surface area contributed by atoms with Gasteiger partial charge in [0, 0.05) is 19.8 Å². The molecular formula is C10H15N3O2. The summed E-state index contributed by atoms with van der Waals surface area (Å²) in [5, 5.41) is 0. The van der Waals surface area contributed by atoms with E-state index in [4.69, 9.17) is 5.73 Å². The second-order valence-electron chi connectivity index (χ2n) is 4.37. The maximum Gasteiger partial charge on any atom is 0.330 e. The third kappa shape index (κ3) is 1.69. The third-order valence-electron chi connectivity index (χ3n) is 3.05. The Kier molecular flexibility index (Phi) is 2.17. The number of hydrogen-bond acceptors (Lipinski definition) is 3. The monoisotopic (exact) mass is 209 g/mol. The van der Waals surface area contributed by atoms with Crippen LogP contribution in [-0.4, -0.2) is 9.13 Å². The van der Waals surface area contributed by atoms with E-state index in [1.807, 2.05) is 0 Å². The fourth-order valence-corrected chi connectivity index (χ4v) is 1.80. The molecule has 1 saturated carbocycles. The van der Waals surface area contributed by atoms with E-state index in [-0.39, 0.29) is 16.9 Å². The minimum absolute atomic E-state index is 0.130. The number of hydrogen-bond donors (Lipinski definition) is 1. The van der Waals surface area contributed by atoms with Gasteiger partial charge in [0.15, 0.2) is 0 Å². The van der Waals surface area contributed by atoms with Gasteiger partial charge < -0.3 is 10.3 Å². The quantitative estimate of drug-likeness (QED) is 0.732. The van der Waals surface area contributed by atoms with Crippen molar-refractivity contribution < 1.29 is 0 Å². The highest BCUT2D eigenvalue weighted by molar-refractivity contribution is 5.30. The lowest BCUT2D eigenvalue weighted by atomic mass is 10.3. The predicted octanol–water partition coefficient (Wildman–Crippen LogP) is -0.215. The lowest BCUT2D eigenvalue weighted by molar-refractivity contribution is 0.532. The number of nitrogens with two attached hydrogens (primary N) is 1. The van der Waals surface area contributed by atoms with Gasteiger partial charge in [0.05, 0.1) is 0 Å². The predicted molar refractivity (Wildman–Crippen MR) is 57.6 cm³/mol. The third-order valence-corrected chi connectivity index (χ3v) is 3.05. The van der Waals surface area contributed by atoms with Gasteiger partial charge in [0.25, 0.3) is 5.56 Å². The Morgan fingerprint density at radius 2 is 2.13 bits per heavy atom.